The van der Waals surface area contributed by atoms with Gasteiger partial charge in [0.05, 0.1) is 6.10 Å². The van der Waals surface area contributed by atoms with E-state index in [2.05, 4.69) is 20.8 Å². The normalized spacial score (nSPS) is 14.6. The van der Waals surface area contributed by atoms with E-state index in [0.717, 1.165) is 6.42 Å². The molecule has 0 aromatic rings. The molecule has 0 aliphatic heterocycles. The summed E-state index contributed by atoms with van der Waals surface area (Å²) in [5.41, 5.74) is 0. The molecule has 1 heteroatoms. The van der Waals surface area contributed by atoms with E-state index in [4.69, 9.17) is 4.74 Å². The number of rotatable bonds is 3. The van der Waals surface area contributed by atoms with E-state index in [0.29, 0.717) is 0 Å². The van der Waals surface area contributed by atoms with Gasteiger partial charge >= 0.3 is 0 Å². The van der Waals surface area contributed by atoms with Crippen LogP contribution in [0.25, 0.3) is 0 Å². The Bertz CT molecular complexity index is 50.3. The summed E-state index contributed by atoms with van der Waals surface area (Å²) in [5, 5.41) is 0. The number of hydrogen-bond acceptors (Lipinski definition) is 1. The van der Waals surface area contributed by atoms with Crippen LogP contribution in [0.3, 0.4) is 0 Å². The Kier molecular flexibility index (Phi) is 3.88. The lowest BCUT2D eigenvalue weighted by atomic mass is 10.1. The number of methoxy groups -OCH3 is 1. The Balaban J connectivity index is 3.10. The molecular formula is C7H14O. The van der Waals surface area contributed by atoms with Crippen molar-refractivity contribution in [3.8, 4) is 0 Å². The Morgan fingerprint density at radius 2 is 2.12 bits per heavy atom. The van der Waals surface area contributed by atoms with Crippen molar-refractivity contribution < 1.29 is 4.74 Å². The van der Waals surface area contributed by atoms with Crippen LogP contribution in [-0.4, -0.2) is 13.2 Å². The maximum atomic E-state index is 4.93. The maximum Gasteiger partial charge on any atom is 0.0577 e. The van der Waals surface area contributed by atoms with Crippen LogP contribution in [0.15, 0.2) is 0 Å². The lowest BCUT2D eigenvalue weighted by molar-refractivity contribution is 0.135. The zero-order valence-electron chi connectivity index (χ0n) is 5.90. The third-order valence-electron chi connectivity index (χ3n) is 0.969. The summed E-state index contributed by atoms with van der Waals surface area (Å²) in [5.74, 6) is 1.37. The van der Waals surface area contributed by atoms with Crippen molar-refractivity contribution in [2.45, 2.75) is 26.4 Å². The fraction of sp³-hybridized carbons (Fsp3) is 0.714. The van der Waals surface area contributed by atoms with Gasteiger partial charge in [0.1, 0.15) is 0 Å². The minimum Gasteiger partial charge on any atom is -0.381 e. The summed E-state index contributed by atoms with van der Waals surface area (Å²) in [6.07, 6.45) is 1.11. The molecule has 1 unspecified atom stereocenters. The van der Waals surface area contributed by atoms with Gasteiger partial charge in [-0.2, -0.15) is 0 Å². The molecule has 0 amide bonds. The topological polar surface area (TPSA) is 9.23 Å². The van der Waals surface area contributed by atoms with Gasteiger partial charge in [0.15, 0.2) is 0 Å². The summed E-state index contributed by atoms with van der Waals surface area (Å²) < 4.78 is 4.93. The molecule has 0 saturated heterocycles. The molecule has 0 saturated carbocycles. The van der Waals surface area contributed by atoms with Gasteiger partial charge in [-0.25, -0.2) is 0 Å². The molecule has 1 nitrogen and oxygen atoms in total. The van der Waals surface area contributed by atoms with Gasteiger partial charge in [0.25, 0.3) is 0 Å². The first-order valence-electron chi connectivity index (χ1n) is 2.81. The fourth-order valence-electron chi connectivity index (χ4n) is 0.539. The second kappa shape index (κ2) is 3.90. The van der Waals surface area contributed by atoms with Gasteiger partial charge in [-0.05, 0) is 19.3 Å². The zero-order chi connectivity index (χ0) is 6.57. The van der Waals surface area contributed by atoms with E-state index in [9.17, 15) is 0 Å². The molecule has 2 radical (unpaired) electrons. The minimum atomic E-state index is 0.139. The number of hydrogen-bond donors (Lipinski definition) is 0. The Hall–Kier alpha value is -0.0400. The third kappa shape index (κ3) is 4.13. The summed E-state index contributed by atoms with van der Waals surface area (Å²) in [6, 6.07) is 0. The summed E-state index contributed by atoms with van der Waals surface area (Å²) >= 11 is 0. The molecule has 48 valence electrons. The molecule has 0 fully saturated rings. The van der Waals surface area contributed by atoms with Crippen LogP contribution >= 0.6 is 0 Å². The van der Waals surface area contributed by atoms with E-state index in [1.165, 1.54) is 5.92 Å². The van der Waals surface area contributed by atoms with Crippen molar-refractivity contribution in [2.75, 3.05) is 7.11 Å². The molecule has 0 aliphatic carbocycles. The highest BCUT2D eigenvalue weighted by molar-refractivity contribution is 4.81. The maximum absolute atomic E-state index is 4.93. The van der Waals surface area contributed by atoms with Gasteiger partial charge < -0.3 is 4.74 Å². The molecule has 0 aromatic heterocycles. The highest BCUT2D eigenvalue weighted by Crippen LogP contribution is 2.07. The Morgan fingerprint density at radius 1 is 1.62 bits per heavy atom. The van der Waals surface area contributed by atoms with Gasteiger partial charge in [0, 0.05) is 7.11 Å². The molecule has 0 aliphatic rings. The van der Waals surface area contributed by atoms with Crippen LogP contribution in [-0.2, 0) is 4.74 Å². The largest absolute Gasteiger partial charge is 0.381 e. The molecular weight excluding hydrogens is 100 g/mol. The van der Waals surface area contributed by atoms with Crippen molar-refractivity contribution in [1.29, 1.82) is 0 Å². The first-order chi connectivity index (χ1) is 3.66. The van der Waals surface area contributed by atoms with Crippen LogP contribution in [0.4, 0.5) is 0 Å². The van der Waals surface area contributed by atoms with E-state index < -0.39 is 0 Å². The molecule has 8 heavy (non-hydrogen) atoms. The van der Waals surface area contributed by atoms with Gasteiger partial charge in [-0.3, -0.25) is 0 Å². The highest BCUT2D eigenvalue weighted by atomic mass is 16.5. The first kappa shape index (κ1) is 7.96. The monoisotopic (exact) mass is 114 g/mol. The van der Waals surface area contributed by atoms with Crippen molar-refractivity contribution in [3.63, 3.8) is 0 Å². The molecule has 0 aromatic carbocycles. The highest BCUT2D eigenvalue weighted by Gasteiger charge is 2.01. The van der Waals surface area contributed by atoms with Crippen LogP contribution in [0, 0.1) is 12.8 Å². The van der Waals surface area contributed by atoms with E-state index >= 15 is 0 Å². The second-order valence-corrected chi connectivity index (χ2v) is 2.27. The van der Waals surface area contributed by atoms with Crippen LogP contribution in [0.2, 0.25) is 0 Å². The van der Waals surface area contributed by atoms with E-state index in [1.807, 2.05) is 0 Å². The Morgan fingerprint density at radius 3 is 2.25 bits per heavy atom. The standard InChI is InChI=1S/C7H14O/c1-6(2)5-7(3)8-4/h7H,3,5H2,1-2,4H3. The molecule has 0 heterocycles. The number of ether oxygens (including phenoxy) is 1. The van der Waals surface area contributed by atoms with E-state index in [-0.39, 0.29) is 6.10 Å². The summed E-state index contributed by atoms with van der Waals surface area (Å²) in [4.78, 5) is 0. The van der Waals surface area contributed by atoms with Crippen LogP contribution < -0.4 is 0 Å². The molecule has 1 atom stereocenters. The third-order valence-corrected chi connectivity index (χ3v) is 0.969. The van der Waals surface area contributed by atoms with Crippen LogP contribution in [0.5, 0.6) is 0 Å². The van der Waals surface area contributed by atoms with Gasteiger partial charge in [-0.1, -0.05) is 13.8 Å². The van der Waals surface area contributed by atoms with Gasteiger partial charge in [0.2, 0.25) is 0 Å². The van der Waals surface area contributed by atoms with Crippen molar-refractivity contribution in [2.24, 2.45) is 0 Å². The lowest BCUT2D eigenvalue weighted by Crippen LogP contribution is -2.07. The average molecular weight is 114 g/mol. The SMILES string of the molecule is [CH2]C(C[C](C)C)OC. The quantitative estimate of drug-likeness (QED) is 0.544. The molecule has 0 bridgehead atoms. The van der Waals surface area contributed by atoms with Crippen molar-refractivity contribution in [1.82, 2.24) is 0 Å². The average Bonchev–Trinajstić information content (AvgIpc) is 1.65. The smallest absolute Gasteiger partial charge is 0.0577 e. The summed E-state index contributed by atoms with van der Waals surface area (Å²) in [6.45, 7) is 7.91. The Labute approximate surface area is 52.0 Å². The van der Waals surface area contributed by atoms with E-state index in [1.54, 1.807) is 7.11 Å². The molecule has 0 N–H and O–H groups in total. The fourth-order valence-corrected chi connectivity index (χ4v) is 0.539. The predicted octanol–water partition coefficient (Wildman–Crippen LogP) is 1.84. The first-order valence-corrected chi connectivity index (χ1v) is 2.81. The minimum absolute atomic E-state index is 0.139. The van der Waals surface area contributed by atoms with Crippen LogP contribution in [0.1, 0.15) is 20.3 Å². The van der Waals surface area contributed by atoms with Gasteiger partial charge in [-0.15, -0.1) is 0 Å². The molecule has 0 spiro atoms. The predicted molar refractivity (Wildman–Crippen MR) is 35.4 cm³/mol. The van der Waals surface area contributed by atoms with Crippen molar-refractivity contribution >= 4 is 0 Å². The lowest BCUT2D eigenvalue weighted by Gasteiger charge is -2.09. The zero-order valence-corrected chi connectivity index (χ0v) is 5.90. The van der Waals surface area contributed by atoms with Crippen molar-refractivity contribution in [3.05, 3.63) is 12.8 Å². The molecule has 0 rings (SSSR count). The summed E-state index contributed by atoms with van der Waals surface area (Å²) in [7, 11) is 1.68. The second-order valence-electron chi connectivity index (χ2n) is 2.27.